The zero-order valence-electron chi connectivity index (χ0n) is 15.4. The third-order valence-corrected chi connectivity index (χ3v) is 5.57. The van der Waals surface area contributed by atoms with Crippen molar-refractivity contribution >= 4 is 24.2 Å². The number of likely N-dealkylation sites (N-methyl/N-ethyl adjacent to an activating group) is 1. The van der Waals surface area contributed by atoms with E-state index < -0.39 is 0 Å². The number of likely N-dealkylation sites (tertiary alicyclic amines) is 1. The SMILES string of the molecule is CCN(CC)C(=O)C1CCCN1C(=O)CC(C)C1CCCNC1.Cl. The van der Waals surface area contributed by atoms with Crippen molar-refractivity contribution in [3.8, 4) is 0 Å². The van der Waals surface area contributed by atoms with E-state index in [1.54, 1.807) is 0 Å². The highest BCUT2D eigenvalue weighted by Gasteiger charge is 2.36. The molecule has 0 aromatic carbocycles. The van der Waals surface area contributed by atoms with Gasteiger partial charge in [0.1, 0.15) is 6.04 Å². The smallest absolute Gasteiger partial charge is 0.245 e. The summed E-state index contributed by atoms with van der Waals surface area (Å²) in [5.41, 5.74) is 0. The normalized spacial score (nSPS) is 25.0. The predicted octanol–water partition coefficient (Wildman–Crippen LogP) is 2.29. The molecule has 0 aliphatic carbocycles. The largest absolute Gasteiger partial charge is 0.341 e. The van der Waals surface area contributed by atoms with Crippen LogP contribution in [0.1, 0.15) is 52.9 Å². The van der Waals surface area contributed by atoms with Gasteiger partial charge < -0.3 is 15.1 Å². The van der Waals surface area contributed by atoms with Gasteiger partial charge in [-0.15, -0.1) is 12.4 Å². The van der Waals surface area contributed by atoms with Crippen LogP contribution in [0.4, 0.5) is 0 Å². The fourth-order valence-corrected chi connectivity index (χ4v) is 3.99. The highest BCUT2D eigenvalue weighted by molar-refractivity contribution is 5.88. The maximum atomic E-state index is 12.7. The van der Waals surface area contributed by atoms with Gasteiger partial charge >= 0.3 is 0 Å². The number of nitrogens with one attached hydrogen (secondary N) is 1. The molecule has 2 saturated heterocycles. The van der Waals surface area contributed by atoms with Crippen molar-refractivity contribution in [3.63, 3.8) is 0 Å². The predicted molar refractivity (Wildman–Crippen MR) is 99.3 cm³/mol. The fourth-order valence-electron chi connectivity index (χ4n) is 3.99. The molecule has 140 valence electrons. The second-order valence-electron chi connectivity index (χ2n) is 7.04. The number of carbonyl (C=O) groups is 2. The number of amides is 2. The number of rotatable bonds is 6. The lowest BCUT2D eigenvalue weighted by Crippen LogP contribution is -2.48. The molecule has 3 atom stereocenters. The van der Waals surface area contributed by atoms with Crippen LogP contribution in [0.2, 0.25) is 0 Å². The van der Waals surface area contributed by atoms with Gasteiger partial charge in [0.25, 0.3) is 0 Å². The van der Waals surface area contributed by atoms with E-state index in [0.717, 1.165) is 45.6 Å². The summed E-state index contributed by atoms with van der Waals surface area (Å²) in [6, 6.07) is -0.223. The topological polar surface area (TPSA) is 52.7 Å². The van der Waals surface area contributed by atoms with Crippen molar-refractivity contribution in [1.29, 1.82) is 0 Å². The van der Waals surface area contributed by atoms with Crippen LogP contribution < -0.4 is 5.32 Å². The van der Waals surface area contributed by atoms with Crippen molar-refractivity contribution in [2.45, 2.75) is 58.9 Å². The molecular weight excluding hydrogens is 326 g/mol. The quantitative estimate of drug-likeness (QED) is 0.791. The van der Waals surface area contributed by atoms with Crippen LogP contribution in [0.15, 0.2) is 0 Å². The monoisotopic (exact) mass is 359 g/mol. The van der Waals surface area contributed by atoms with E-state index >= 15 is 0 Å². The molecule has 3 unspecified atom stereocenters. The summed E-state index contributed by atoms with van der Waals surface area (Å²) in [5.74, 6) is 1.28. The first kappa shape index (κ1) is 21.2. The van der Waals surface area contributed by atoms with E-state index in [1.165, 1.54) is 12.8 Å². The average Bonchev–Trinajstić information content (AvgIpc) is 3.06. The van der Waals surface area contributed by atoms with Gasteiger partial charge in [0.2, 0.25) is 11.8 Å². The molecule has 2 heterocycles. The summed E-state index contributed by atoms with van der Waals surface area (Å²) in [7, 11) is 0. The van der Waals surface area contributed by atoms with Gasteiger partial charge in [0.05, 0.1) is 0 Å². The van der Waals surface area contributed by atoms with Crippen LogP contribution in [0.25, 0.3) is 0 Å². The molecule has 0 aromatic heterocycles. The molecule has 5 nitrogen and oxygen atoms in total. The Balaban J connectivity index is 0.00000288. The molecule has 0 spiro atoms. The summed E-state index contributed by atoms with van der Waals surface area (Å²) in [4.78, 5) is 29.1. The number of halogens is 1. The third kappa shape index (κ3) is 5.09. The van der Waals surface area contributed by atoms with E-state index in [2.05, 4.69) is 12.2 Å². The van der Waals surface area contributed by atoms with E-state index in [4.69, 9.17) is 0 Å². The van der Waals surface area contributed by atoms with Crippen LogP contribution in [0.5, 0.6) is 0 Å². The van der Waals surface area contributed by atoms with Gasteiger partial charge in [0.15, 0.2) is 0 Å². The van der Waals surface area contributed by atoms with Crippen LogP contribution >= 0.6 is 12.4 Å². The summed E-state index contributed by atoms with van der Waals surface area (Å²) < 4.78 is 0. The maximum Gasteiger partial charge on any atom is 0.245 e. The molecule has 24 heavy (non-hydrogen) atoms. The Morgan fingerprint density at radius 2 is 1.92 bits per heavy atom. The Bertz CT molecular complexity index is 409. The van der Waals surface area contributed by atoms with E-state index in [9.17, 15) is 9.59 Å². The zero-order valence-corrected chi connectivity index (χ0v) is 16.2. The lowest BCUT2D eigenvalue weighted by atomic mass is 9.85. The van der Waals surface area contributed by atoms with Crippen molar-refractivity contribution < 1.29 is 9.59 Å². The standard InChI is InChI=1S/C18H33N3O2.ClH/c1-4-20(5-2)18(23)16-9-7-11-21(16)17(22)12-14(3)15-8-6-10-19-13-15;/h14-16,19H,4-13H2,1-3H3;1H. The molecule has 0 bridgehead atoms. The first-order valence-corrected chi connectivity index (χ1v) is 9.37. The Kier molecular flexibility index (Phi) is 9.06. The van der Waals surface area contributed by atoms with Gasteiger partial charge in [0, 0.05) is 26.1 Å². The molecule has 2 aliphatic rings. The Morgan fingerprint density at radius 1 is 1.21 bits per heavy atom. The molecule has 2 aliphatic heterocycles. The van der Waals surface area contributed by atoms with Crippen molar-refractivity contribution in [3.05, 3.63) is 0 Å². The summed E-state index contributed by atoms with van der Waals surface area (Å²) in [5, 5.41) is 3.43. The third-order valence-electron chi connectivity index (χ3n) is 5.57. The van der Waals surface area contributed by atoms with Crippen LogP contribution in [-0.4, -0.2) is 60.4 Å². The number of hydrogen-bond acceptors (Lipinski definition) is 3. The second-order valence-corrected chi connectivity index (χ2v) is 7.04. The number of carbonyl (C=O) groups excluding carboxylic acids is 2. The molecule has 0 radical (unpaired) electrons. The van der Waals surface area contributed by atoms with Gasteiger partial charge in [-0.2, -0.15) is 0 Å². The van der Waals surface area contributed by atoms with E-state index in [0.29, 0.717) is 18.3 Å². The number of nitrogens with zero attached hydrogens (tertiary/aromatic N) is 2. The molecule has 2 amide bonds. The van der Waals surface area contributed by atoms with E-state index in [1.807, 2.05) is 23.6 Å². The van der Waals surface area contributed by atoms with Gasteiger partial charge in [-0.3, -0.25) is 9.59 Å². The van der Waals surface area contributed by atoms with Crippen molar-refractivity contribution in [2.24, 2.45) is 11.8 Å². The number of piperidine rings is 1. The first-order valence-electron chi connectivity index (χ1n) is 9.37. The highest BCUT2D eigenvalue weighted by atomic mass is 35.5. The van der Waals surface area contributed by atoms with Gasteiger partial charge in [-0.05, 0) is 64.5 Å². The minimum atomic E-state index is -0.223. The second kappa shape index (κ2) is 10.2. The van der Waals surface area contributed by atoms with Crippen LogP contribution in [-0.2, 0) is 9.59 Å². The average molecular weight is 360 g/mol. The Morgan fingerprint density at radius 3 is 2.50 bits per heavy atom. The highest BCUT2D eigenvalue weighted by Crippen LogP contribution is 2.26. The van der Waals surface area contributed by atoms with Gasteiger partial charge in [-0.1, -0.05) is 6.92 Å². The lowest BCUT2D eigenvalue weighted by molar-refractivity contribution is -0.144. The molecular formula is C18H34ClN3O2. The molecule has 0 aromatic rings. The molecule has 6 heteroatoms. The van der Waals surface area contributed by atoms with Crippen molar-refractivity contribution in [2.75, 3.05) is 32.7 Å². The minimum Gasteiger partial charge on any atom is -0.341 e. The minimum absolute atomic E-state index is 0. The van der Waals surface area contributed by atoms with Crippen LogP contribution in [0.3, 0.4) is 0 Å². The lowest BCUT2D eigenvalue weighted by Gasteiger charge is -2.32. The number of hydrogen-bond donors (Lipinski definition) is 1. The first-order chi connectivity index (χ1) is 11.1. The molecule has 1 N–H and O–H groups in total. The Hall–Kier alpha value is -0.810. The van der Waals surface area contributed by atoms with E-state index in [-0.39, 0.29) is 30.3 Å². The molecule has 2 rings (SSSR count). The fraction of sp³-hybridized carbons (Fsp3) is 0.889. The van der Waals surface area contributed by atoms with Gasteiger partial charge in [-0.25, -0.2) is 0 Å². The summed E-state index contributed by atoms with van der Waals surface area (Å²) in [6.07, 6.45) is 4.76. The molecule has 0 saturated carbocycles. The summed E-state index contributed by atoms with van der Waals surface area (Å²) in [6.45, 7) is 10.5. The summed E-state index contributed by atoms with van der Waals surface area (Å²) >= 11 is 0. The van der Waals surface area contributed by atoms with Crippen molar-refractivity contribution in [1.82, 2.24) is 15.1 Å². The zero-order chi connectivity index (χ0) is 16.8. The Labute approximate surface area is 152 Å². The maximum absolute atomic E-state index is 12.7. The molecule has 2 fully saturated rings. The van der Waals surface area contributed by atoms with Crippen LogP contribution in [0, 0.1) is 11.8 Å².